The summed E-state index contributed by atoms with van der Waals surface area (Å²) in [4.78, 5) is 2.82. The zero-order valence-electron chi connectivity index (χ0n) is 14.3. The van der Waals surface area contributed by atoms with Gasteiger partial charge in [-0.25, -0.2) is 0 Å². The predicted octanol–water partition coefficient (Wildman–Crippen LogP) is 3.51. The van der Waals surface area contributed by atoms with Gasteiger partial charge in [0.25, 0.3) is 0 Å². The van der Waals surface area contributed by atoms with Crippen molar-refractivity contribution in [2.24, 2.45) is 0 Å². The Bertz CT molecular complexity index is 532. The molecule has 3 nitrogen and oxygen atoms in total. The lowest BCUT2D eigenvalue weighted by atomic mass is 9.88. The summed E-state index contributed by atoms with van der Waals surface area (Å²) in [6.07, 6.45) is 9.66. The number of piperazine rings is 1. The van der Waals surface area contributed by atoms with Gasteiger partial charge in [-0.15, -0.1) is 0 Å². The van der Waals surface area contributed by atoms with Crippen molar-refractivity contribution >= 4 is 0 Å². The monoisotopic (exact) mass is 314 g/mol. The second kappa shape index (κ2) is 6.82. The molecule has 2 saturated carbocycles. The minimum absolute atomic E-state index is 0.365. The van der Waals surface area contributed by atoms with Crippen LogP contribution in [0.5, 0.6) is 5.75 Å². The Morgan fingerprint density at radius 3 is 2.74 bits per heavy atom. The van der Waals surface area contributed by atoms with Gasteiger partial charge in [0, 0.05) is 31.2 Å². The molecule has 1 saturated heterocycles. The Hall–Kier alpha value is -1.06. The van der Waals surface area contributed by atoms with Crippen molar-refractivity contribution in [3.63, 3.8) is 0 Å². The fraction of sp³-hybridized carbons (Fsp3) is 0.700. The zero-order chi connectivity index (χ0) is 15.6. The number of nitrogens with one attached hydrogen (secondary N) is 1. The number of rotatable bonds is 3. The quantitative estimate of drug-likeness (QED) is 0.924. The number of fused-ring (bicyclic) bond motifs is 1. The van der Waals surface area contributed by atoms with Crippen molar-refractivity contribution < 1.29 is 4.74 Å². The minimum Gasteiger partial charge on any atom is -0.489 e. The molecule has 3 fully saturated rings. The Morgan fingerprint density at radius 2 is 1.83 bits per heavy atom. The Labute approximate surface area is 140 Å². The van der Waals surface area contributed by atoms with Crippen molar-refractivity contribution in [1.29, 1.82) is 0 Å². The van der Waals surface area contributed by atoms with Crippen LogP contribution in [0.25, 0.3) is 0 Å². The molecule has 0 aromatic heterocycles. The van der Waals surface area contributed by atoms with Crippen LogP contribution in [0.1, 0.15) is 50.5 Å². The molecule has 2 aliphatic carbocycles. The molecule has 23 heavy (non-hydrogen) atoms. The lowest BCUT2D eigenvalue weighted by molar-refractivity contribution is -0.00517. The van der Waals surface area contributed by atoms with Gasteiger partial charge in [0.15, 0.2) is 0 Å². The molecule has 1 aliphatic heterocycles. The van der Waals surface area contributed by atoms with Crippen LogP contribution in [0.3, 0.4) is 0 Å². The third kappa shape index (κ3) is 3.14. The Morgan fingerprint density at radius 1 is 1.00 bits per heavy atom. The van der Waals surface area contributed by atoms with Crippen molar-refractivity contribution in [1.82, 2.24) is 10.2 Å². The average molecular weight is 314 g/mol. The molecule has 0 amide bonds. The lowest BCUT2D eigenvalue weighted by Crippen LogP contribution is -2.62. The fourth-order valence-electron chi connectivity index (χ4n) is 4.98. The molecular formula is C20H30N2O. The molecule has 3 heteroatoms. The van der Waals surface area contributed by atoms with E-state index in [1.807, 2.05) is 0 Å². The van der Waals surface area contributed by atoms with Crippen LogP contribution in [0.4, 0.5) is 0 Å². The highest BCUT2D eigenvalue weighted by Gasteiger charge is 2.41. The number of aryl methyl sites for hydroxylation is 1. The van der Waals surface area contributed by atoms with Gasteiger partial charge in [-0.05, 0) is 50.7 Å². The van der Waals surface area contributed by atoms with Crippen LogP contribution in [0, 0.1) is 6.92 Å². The molecule has 4 atom stereocenters. The predicted molar refractivity (Wildman–Crippen MR) is 94.0 cm³/mol. The summed E-state index contributed by atoms with van der Waals surface area (Å²) in [5.74, 6) is 1.09. The largest absolute Gasteiger partial charge is 0.489 e. The van der Waals surface area contributed by atoms with Gasteiger partial charge >= 0.3 is 0 Å². The number of nitrogens with zero attached hydrogens (tertiary/aromatic N) is 1. The van der Waals surface area contributed by atoms with E-state index in [9.17, 15) is 0 Å². The maximum atomic E-state index is 6.54. The van der Waals surface area contributed by atoms with Crippen molar-refractivity contribution in [3.05, 3.63) is 29.8 Å². The highest BCUT2D eigenvalue weighted by Crippen LogP contribution is 2.34. The van der Waals surface area contributed by atoms with E-state index in [-0.39, 0.29) is 0 Å². The van der Waals surface area contributed by atoms with Gasteiger partial charge in [0.2, 0.25) is 0 Å². The van der Waals surface area contributed by atoms with Gasteiger partial charge in [-0.2, -0.15) is 0 Å². The van der Waals surface area contributed by atoms with Crippen molar-refractivity contribution in [2.75, 3.05) is 13.1 Å². The first-order valence-corrected chi connectivity index (χ1v) is 9.54. The van der Waals surface area contributed by atoms with E-state index in [0.29, 0.717) is 12.1 Å². The standard InChI is InChI=1S/C20H30N2O/c1-15-7-2-4-11-19(15)23-20-12-5-3-9-18(20)22-14-13-21-16-8-6-10-17(16)22/h2,4,7,11,16-18,20-21H,3,5-6,8-10,12-14H2,1H3/t16-,17+,18-,20+/m0/s1. The molecule has 1 N–H and O–H groups in total. The summed E-state index contributed by atoms with van der Waals surface area (Å²) in [5, 5.41) is 3.74. The molecule has 1 aromatic carbocycles. The van der Waals surface area contributed by atoms with Crippen LogP contribution >= 0.6 is 0 Å². The number of hydrogen-bond acceptors (Lipinski definition) is 3. The van der Waals surface area contributed by atoms with Crippen LogP contribution in [-0.2, 0) is 0 Å². The van der Waals surface area contributed by atoms with Gasteiger partial charge in [0.05, 0.1) is 0 Å². The second-order valence-electron chi connectivity index (χ2n) is 7.57. The Kier molecular flexibility index (Phi) is 4.59. The van der Waals surface area contributed by atoms with Crippen molar-refractivity contribution in [3.8, 4) is 5.75 Å². The second-order valence-corrected chi connectivity index (χ2v) is 7.57. The molecule has 0 radical (unpaired) electrons. The molecule has 3 aliphatic rings. The molecule has 1 aromatic rings. The van der Waals surface area contributed by atoms with Crippen LogP contribution in [0.15, 0.2) is 24.3 Å². The number of ether oxygens (including phenoxy) is 1. The summed E-state index contributed by atoms with van der Waals surface area (Å²) in [6.45, 7) is 4.50. The maximum absolute atomic E-state index is 6.54. The molecule has 126 valence electrons. The SMILES string of the molecule is Cc1ccccc1O[C@@H]1CCCC[C@@H]1N1CCN[C@H]2CCC[C@H]21. The van der Waals surface area contributed by atoms with Gasteiger partial charge in [0.1, 0.15) is 11.9 Å². The van der Waals surface area contributed by atoms with Gasteiger partial charge in [-0.3, -0.25) is 4.90 Å². The molecule has 1 heterocycles. The first kappa shape index (κ1) is 15.5. The summed E-state index contributed by atoms with van der Waals surface area (Å²) >= 11 is 0. The number of benzene rings is 1. The topological polar surface area (TPSA) is 24.5 Å². The Balaban J connectivity index is 1.52. The van der Waals surface area contributed by atoms with E-state index in [0.717, 1.165) is 24.4 Å². The lowest BCUT2D eigenvalue weighted by Gasteiger charge is -2.47. The van der Waals surface area contributed by atoms with E-state index in [2.05, 4.69) is 41.4 Å². The average Bonchev–Trinajstić information content (AvgIpc) is 3.06. The van der Waals surface area contributed by atoms with Gasteiger partial charge < -0.3 is 10.1 Å². The first-order chi connectivity index (χ1) is 11.3. The minimum atomic E-state index is 0.365. The highest BCUT2D eigenvalue weighted by atomic mass is 16.5. The summed E-state index contributed by atoms with van der Waals surface area (Å²) in [6, 6.07) is 10.6. The number of hydrogen-bond donors (Lipinski definition) is 1. The van der Waals surface area contributed by atoms with Gasteiger partial charge in [-0.1, -0.05) is 31.0 Å². The van der Waals surface area contributed by atoms with Crippen LogP contribution in [0.2, 0.25) is 0 Å². The van der Waals surface area contributed by atoms with E-state index >= 15 is 0 Å². The zero-order valence-corrected chi connectivity index (χ0v) is 14.3. The van der Waals surface area contributed by atoms with Crippen LogP contribution < -0.4 is 10.1 Å². The highest BCUT2D eigenvalue weighted by molar-refractivity contribution is 5.32. The molecule has 0 spiro atoms. The summed E-state index contributed by atoms with van der Waals surface area (Å²) in [7, 11) is 0. The maximum Gasteiger partial charge on any atom is 0.122 e. The van der Waals surface area contributed by atoms with E-state index in [1.54, 1.807) is 0 Å². The van der Waals surface area contributed by atoms with Crippen LogP contribution in [-0.4, -0.2) is 42.2 Å². The molecular weight excluding hydrogens is 284 g/mol. The third-order valence-corrected chi connectivity index (χ3v) is 6.15. The normalized spacial score (nSPS) is 35.0. The van der Waals surface area contributed by atoms with E-state index < -0.39 is 0 Å². The molecule has 0 unspecified atom stereocenters. The van der Waals surface area contributed by atoms with E-state index in [4.69, 9.17) is 4.74 Å². The van der Waals surface area contributed by atoms with Crippen molar-refractivity contribution in [2.45, 2.75) is 76.1 Å². The summed E-state index contributed by atoms with van der Waals surface area (Å²) in [5.41, 5.74) is 1.26. The summed E-state index contributed by atoms with van der Waals surface area (Å²) < 4.78 is 6.54. The smallest absolute Gasteiger partial charge is 0.122 e. The number of para-hydroxylation sites is 1. The molecule has 4 rings (SSSR count). The van der Waals surface area contributed by atoms with E-state index in [1.165, 1.54) is 57.1 Å². The molecule has 0 bridgehead atoms. The third-order valence-electron chi connectivity index (χ3n) is 6.15. The first-order valence-electron chi connectivity index (χ1n) is 9.54. The fourth-order valence-corrected chi connectivity index (χ4v) is 4.98.